The molecule has 2 heterocycles. The molecule has 45 heavy (non-hydrogen) atoms. The van der Waals surface area contributed by atoms with Crippen molar-refractivity contribution in [2.45, 2.75) is 160 Å². The van der Waals surface area contributed by atoms with Gasteiger partial charge in [-0.25, -0.2) is 0 Å². The molecule has 2 aliphatic carbocycles. The van der Waals surface area contributed by atoms with Gasteiger partial charge in [0.15, 0.2) is 20.9 Å². The van der Waals surface area contributed by atoms with E-state index in [4.69, 9.17) is 23.4 Å². The summed E-state index contributed by atoms with van der Waals surface area (Å²) in [4.78, 5) is 0. The van der Waals surface area contributed by atoms with Crippen molar-refractivity contribution in [2.24, 2.45) is 23.7 Å². The summed E-state index contributed by atoms with van der Waals surface area (Å²) in [6.07, 6.45) is 26.0. The van der Waals surface area contributed by atoms with Crippen molar-refractivity contribution in [2.75, 3.05) is 33.0 Å². The van der Waals surface area contributed by atoms with Crippen molar-refractivity contribution in [3.05, 3.63) is 23.8 Å². The summed E-state index contributed by atoms with van der Waals surface area (Å²) in [5.41, 5.74) is 1.60. The van der Waals surface area contributed by atoms with Crippen LogP contribution in [0, 0.1) is 23.7 Å². The molecular weight excluding hydrogens is 580 g/mol. The SMILES string of the molecule is CC(C)(C)[Si](C)(C)OCC(CCCCO)C1=CC2C(C1)C[C@@H](OC1CCCCO1)[C@@H]2C=CCCCCCCOC1CCCCO1. The van der Waals surface area contributed by atoms with E-state index in [0.717, 1.165) is 84.2 Å². The fourth-order valence-electron chi connectivity index (χ4n) is 7.41. The zero-order valence-electron chi connectivity index (χ0n) is 29.6. The maximum Gasteiger partial charge on any atom is 0.192 e. The summed E-state index contributed by atoms with van der Waals surface area (Å²) >= 11 is 0. The molecule has 4 rings (SSSR count). The van der Waals surface area contributed by atoms with Crippen LogP contribution in [0.1, 0.15) is 124 Å². The summed E-state index contributed by atoms with van der Waals surface area (Å²) < 4.78 is 31.1. The van der Waals surface area contributed by atoms with Crippen molar-refractivity contribution < 1.29 is 28.5 Å². The highest BCUT2D eigenvalue weighted by Crippen LogP contribution is 2.51. The Balaban J connectivity index is 1.32. The molecule has 0 aromatic carbocycles. The van der Waals surface area contributed by atoms with Gasteiger partial charge in [0.1, 0.15) is 0 Å². The minimum absolute atomic E-state index is 0.0348. The standard InChI is InChI=1S/C38H68O6Si/c1-38(2,3)45(4,5)43-29-30(18-11-14-22-39)31-26-32-28-35(44-37-21-13-17-25-42-37)33(34(32)27-31)19-10-8-6-7-9-15-23-40-36-20-12-16-24-41-36/h10,19,27,30,32-37,39H,6-9,11-18,20-26,28-29H2,1-5H3/t30?,32?,33-,34?,35-,36?,37?/m1/s1. The largest absolute Gasteiger partial charge is 0.416 e. The summed E-state index contributed by atoms with van der Waals surface area (Å²) in [7, 11) is -1.82. The van der Waals surface area contributed by atoms with Gasteiger partial charge >= 0.3 is 0 Å². The lowest BCUT2D eigenvalue weighted by atomic mass is 9.91. The lowest BCUT2D eigenvalue weighted by Gasteiger charge is -2.37. The predicted molar refractivity (Wildman–Crippen MR) is 186 cm³/mol. The first kappa shape index (κ1) is 37.3. The molecule has 0 spiro atoms. The van der Waals surface area contributed by atoms with Gasteiger partial charge in [0.2, 0.25) is 0 Å². The third-order valence-corrected chi connectivity index (χ3v) is 15.8. The average Bonchev–Trinajstić information content (AvgIpc) is 3.56. The van der Waals surface area contributed by atoms with Gasteiger partial charge < -0.3 is 28.5 Å². The zero-order valence-corrected chi connectivity index (χ0v) is 30.6. The number of allylic oxidation sites excluding steroid dienone is 2. The van der Waals surface area contributed by atoms with Crippen molar-refractivity contribution in [3.8, 4) is 0 Å². The van der Waals surface area contributed by atoms with Crippen LogP contribution in [-0.2, 0) is 23.4 Å². The third kappa shape index (κ3) is 11.8. The molecule has 4 aliphatic rings. The van der Waals surface area contributed by atoms with E-state index in [1.165, 1.54) is 44.9 Å². The number of hydrogen-bond acceptors (Lipinski definition) is 6. The van der Waals surface area contributed by atoms with Crippen LogP contribution >= 0.6 is 0 Å². The van der Waals surface area contributed by atoms with Gasteiger partial charge in [0, 0.05) is 44.9 Å². The van der Waals surface area contributed by atoms with Crippen LogP contribution in [-0.4, -0.2) is 65.1 Å². The van der Waals surface area contributed by atoms with Crippen LogP contribution in [0.4, 0.5) is 0 Å². The maximum atomic E-state index is 9.48. The van der Waals surface area contributed by atoms with E-state index in [0.29, 0.717) is 23.7 Å². The molecule has 6 nitrogen and oxygen atoms in total. The highest BCUT2D eigenvalue weighted by atomic mass is 28.4. The van der Waals surface area contributed by atoms with Crippen molar-refractivity contribution in [1.82, 2.24) is 0 Å². The Labute approximate surface area is 277 Å². The minimum Gasteiger partial charge on any atom is -0.416 e. The molecule has 0 bridgehead atoms. The number of rotatable bonds is 19. The number of fused-ring (bicyclic) bond motifs is 1. The average molecular weight is 649 g/mol. The number of hydrogen-bond donors (Lipinski definition) is 1. The molecule has 3 fully saturated rings. The van der Waals surface area contributed by atoms with Crippen molar-refractivity contribution in [1.29, 1.82) is 0 Å². The smallest absolute Gasteiger partial charge is 0.192 e. The van der Waals surface area contributed by atoms with Gasteiger partial charge in [-0.1, -0.05) is 63.8 Å². The van der Waals surface area contributed by atoms with E-state index in [9.17, 15) is 5.11 Å². The van der Waals surface area contributed by atoms with Crippen molar-refractivity contribution >= 4 is 8.32 Å². The second-order valence-corrected chi connectivity index (χ2v) is 20.7. The fraction of sp³-hybridized carbons (Fsp3) is 0.895. The summed E-state index contributed by atoms with van der Waals surface area (Å²) in [6.45, 7) is 15.3. The molecule has 7 heteroatoms. The Morgan fingerprint density at radius 3 is 2.38 bits per heavy atom. The first-order valence-corrected chi connectivity index (χ1v) is 21.7. The van der Waals surface area contributed by atoms with Crippen molar-refractivity contribution in [3.63, 3.8) is 0 Å². The zero-order chi connectivity index (χ0) is 32.1. The summed E-state index contributed by atoms with van der Waals surface area (Å²) in [6, 6.07) is 0. The second kappa shape index (κ2) is 18.9. The molecule has 1 saturated carbocycles. The Morgan fingerprint density at radius 2 is 1.69 bits per heavy atom. The first-order chi connectivity index (χ1) is 21.7. The number of unbranched alkanes of at least 4 members (excludes halogenated alkanes) is 5. The molecule has 7 atom stereocenters. The fourth-order valence-corrected chi connectivity index (χ4v) is 8.46. The van der Waals surface area contributed by atoms with E-state index in [1.54, 1.807) is 5.57 Å². The third-order valence-electron chi connectivity index (χ3n) is 11.3. The molecule has 0 aromatic heterocycles. The van der Waals surface area contributed by atoms with E-state index in [2.05, 4.69) is 52.1 Å². The number of ether oxygens (including phenoxy) is 4. The highest BCUT2D eigenvalue weighted by Gasteiger charge is 2.46. The molecule has 0 amide bonds. The van der Waals surface area contributed by atoms with Crippen LogP contribution in [0.3, 0.4) is 0 Å². The Kier molecular flexibility index (Phi) is 15.6. The molecule has 1 N–H and O–H groups in total. The lowest BCUT2D eigenvalue weighted by Crippen LogP contribution is -2.42. The molecule has 260 valence electrons. The van der Waals surface area contributed by atoms with Gasteiger partial charge in [-0.05, 0) is 113 Å². The number of aliphatic hydroxyl groups excluding tert-OH is 1. The summed E-state index contributed by atoms with van der Waals surface area (Å²) in [5.74, 6) is 2.05. The number of aliphatic hydroxyl groups is 1. The quantitative estimate of drug-likeness (QED) is 0.0855. The Hall–Kier alpha value is -0.543. The molecule has 0 aromatic rings. The van der Waals surface area contributed by atoms with E-state index >= 15 is 0 Å². The Morgan fingerprint density at radius 1 is 0.956 bits per heavy atom. The summed E-state index contributed by atoms with van der Waals surface area (Å²) in [5, 5.41) is 9.69. The van der Waals surface area contributed by atoms with E-state index in [1.807, 2.05) is 0 Å². The second-order valence-electron chi connectivity index (χ2n) is 15.9. The molecule has 2 saturated heterocycles. The first-order valence-electron chi connectivity index (χ1n) is 18.8. The minimum atomic E-state index is -1.82. The van der Waals surface area contributed by atoms with Gasteiger partial charge in [-0.15, -0.1) is 0 Å². The van der Waals surface area contributed by atoms with Gasteiger partial charge in [-0.3, -0.25) is 0 Å². The highest BCUT2D eigenvalue weighted by molar-refractivity contribution is 6.74. The van der Waals surface area contributed by atoms with Crippen LogP contribution in [0.15, 0.2) is 23.8 Å². The molecular formula is C38H68O6Si. The van der Waals surface area contributed by atoms with Crippen LogP contribution in [0.5, 0.6) is 0 Å². The molecule has 0 radical (unpaired) electrons. The van der Waals surface area contributed by atoms with Crippen LogP contribution in [0.25, 0.3) is 0 Å². The monoisotopic (exact) mass is 648 g/mol. The Bertz CT molecular complexity index is 885. The van der Waals surface area contributed by atoms with Gasteiger partial charge in [0.25, 0.3) is 0 Å². The van der Waals surface area contributed by atoms with Gasteiger partial charge in [0.05, 0.1) is 6.10 Å². The van der Waals surface area contributed by atoms with Crippen LogP contribution in [0.2, 0.25) is 18.1 Å². The van der Waals surface area contributed by atoms with Crippen LogP contribution < -0.4 is 0 Å². The topological polar surface area (TPSA) is 66.4 Å². The molecule has 2 aliphatic heterocycles. The molecule has 5 unspecified atom stereocenters. The maximum absolute atomic E-state index is 9.48. The predicted octanol–water partition coefficient (Wildman–Crippen LogP) is 9.33. The van der Waals surface area contributed by atoms with E-state index < -0.39 is 8.32 Å². The lowest BCUT2D eigenvalue weighted by molar-refractivity contribution is -0.192. The van der Waals surface area contributed by atoms with E-state index in [-0.39, 0.29) is 30.3 Å². The normalized spacial score (nSPS) is 30.1. The van der Waals surface area contributed by atoms with Gasteiger partial charge in [-0.2, -0.15) is 0 Å².